The highest BCUT2D eigenvalue weighted by molar-refractivity contribution is 7.99. The summed E-state index contributed by atoms with van der Waals surface area (Å²) >= 11 is 1.42. The molecule has 1 N–H and O–H groups in total. The van der Waals surface area contributed by atoms with Gasteiger partial charge in [0.15, 0.2) is 5.16 Å². The molecule has 1 heterocycles. The summed E-state index contributed by atoms with van der Waals surface area (Å²) in [4.78, 5) is 16.7. The Morgan fingerprint density at radius 1 is 1.15 bits per heavy atom. The standard InChI is InChI=1S/C21H23N3O2S/c1-14-9-15(2)11-17(10-14)23-20(25)13-27-21-22-12-19(24(21)3)16-5-7-18(26-4)8-6-16/h5-12H,13H2,1-4H3,(H,23,25). The van der Waals surface area contributed by atoms with E-state index < -0.39 is 0 Å². The molecule has 0 radical (unpaired) electrons. The van der Waals surface area contributed by atoms with E-state index in [9.17, 15) is 4.79 Å². The summed E-state index contributed by atoms with van der Waals surface area (Å²) in [5.74, 6) is 1.08. The number of thioether (sulfide) groups is 1. The highest BCUT2D eigenvalue weighted by atomic mass is 32.2. The number of rotatable bonds is 6. The van der Waals surface area contributed by atoms with Crippen LogP contribution in [-0.4, -0.2) is 28.3 Å². The number of imidazole rings is 1. The van der Waals surface area contributed by atoms with Crippen molar-refractivity contribution in [1.29, 1.82) is 0 Å². The molecule has 0 aliphatic rings. The zero-order chi connectivity index (χ0) is 19.4. The van der Waals surface area contributed by atoms with Gasteiger partial charge in [-0.05, 0) is 61.4 Å². The minimum atomic E-state index is -0.0426. The third-order valence-electron chi connectivity index (χ3n) is 4.17. The summed E-state index contributed by atoms with van der Waals surface area (Å²) in [5.41, 5.74) is 5.14. The number of carbonyl (C=O) groups excluding carboxylic acids is 1. The molecule has 1 amide bonds. The van der Waals surface area contributed by atoms with Gasteiger partial charge in [0.25, 0.3) is 0 Å². The molecule has 0 aliphatic heterocycles. The lowest BCUT2D eigenvalue weighted by atomic mass is 10.1. The Morgan fingerprint density at radius 3 is 2.44 bits per heavy atom. The number of aryl methyl sites for hydroxylation is 2. The predicted molar refractivity (Wildman–Crippen MR) is 110 cm³/mol. The van der Waals surface area contributed by atoms with E-state index in [1.807, 2.05) is 68.1 Å². The second-order valence-electron chi connectivity index (χ2n) is 6.43. The topological polar surface area (TPSA) is 56.1 Å². The van der Waals surface area contributed by atoms with Gasteiger partial charge in [0.1, 0.15) is 5.75 Å². The van der Waals surface area contributed by atoms with E-state index in [1.54, 1.807) is 7.11 Å². The van der Waals surface area contributed by atoms with Crippen molar-refractivity contribution in [2.24, 2.45) is 7.05 Å². The van der Waals surface area contributed by atoms with Crippen LogP contribution in [0.15, 0.2) is 53.8 Å². The number of carbonyl (C=O) groups is 1. The average molecular weight is 382 g/mol. The molecule has 0 bridgehead atoms. The fourth-order valence-corrected chi connectivity index (χ4v) is 3.68. The summed E-state index contributed by atoms with van der Waals surface area (Å²) in [5, 5.41) is 3.76. The molecule has 5 nitrogen and oxygen atoms in total. The number of hydrogen-bond acceptors (Lipinski definition) is 4. The normalized spacial score (nSPS) is 10.7. The third-order valence-corrected chi connectivity index (χ3v) is 5.21. The summed E-state index contributed by atoms with van der Waals surface area (Å²) in [7, 11) is 3.60. The van der Waals surface area contributed by atoms with E-state index in [4.69, 9.17) is 4.74 Å². The molecule has 140 valence electrons. The van der Waals surface area contributed by atoms with Gasteiger partial charge in [-0.1, -0.05) is 17.8 Å². The van der Waals surface area contributed by atoms with Crippen LogP contribution in [0.2, 0.25) is 0 Å². The van der Waals surface area contributed by atoms with Gasteiger partial charge >= 0.3 is 0 Å². The number of anilines is 1. The molecule has 27 heavy (non-hydrogen) atoms. The lowest BCUT2D eigenvalue weighted by Crippen LogP contribution is -2.14. The Hall–Kier alpha value is -2.73. The van der Waals surface area contributed by atoms with Crippen LogP contribution in [0.25, 0.3) is 11.3 Å². The lowest BCUT2D eigenvalue weighted by Gasteiger charge is -2.08. The molecular weight excluding hydrogens is 358 g/mol. The molecular formula is C21H23N3O2S. The number of ether oxygens (including phenoxy) is 1. The summed E-state index contributed by atoms with van der Waals surface area (Å²) < 4.78 is 7.19. The van der Waals surface area contributed by atoms with Crippen LogP contribution in [0.1, 0.15) is 11.1 Å². The second kappa shape index (κ2) is 8.31. The van der Waals surface area contributed by atoms with Gasteiger partial charge in [-0.15, -0.1) is 0 Å². The molecule has 2 aromatic carbocycles. The lowest BCUT2D eigenvalue weighted by molar-refractivity contribution is -0.113. The maximum absolute atomic E-state index is 12.3. The zero-order valence-electron chi connectivity index (χ0n) is 15.9. The quantitative estimate of drug-likeness (QED) is 0.641. The van der Waals surface area contributed by atoms with Crippen LogP contribution in [0.4, 0.5) is 5.69 Å². The van der Waals surface area contributed by atoms with Gasteiger partial charge in [0, 0.05) is 18.3 Å². The highest BCUT2D eigenvalue weighted by Gasteiger charge is 2.12. The molecule has 0 saturated carbocycles. The number of aromatic nitrogens is 2. The molecule has 3 rings (SSSR count). The number of nitrogens with one attached hydrogen (secondary N) is 1. The van der Waals surface area contributed by atoms with Crippen molar-refractivity contribution >= 4 is 23.4 Å². The average Bonchev–Trinajstić information content (AvgIpc) is 3.00. The van der Waals surface area contributed by atoms with Crippen molar-refractivity contribution in [2.45, 2.75) is 19.0 Å². The van der Waals surface area contributed by atoms with Gasteiger partial charge < -0.3 is 14.6 Å². The van der Waals surface area contributed by atoms with Crippen molar-refractivity contribution in [2.75, 3.05) is 18.2 Å². The maximum atomic E-state index is 12.3. The van der Waals surface area contributed by atoms with Crippen LogP contribution in [0.3, 0.4) is 0 Å². The van der Waals surface area contributed by atoms with Crippen LogP contribution < -0.4 is 10.1 Å². The first kappa shape index (κ1) is 19.0. The van der Waals surface area contributed by atoms with Gasteiger partial charge in [-0.3, -0.25) is 4.79 Å². The first-order valence-electron chi connectivity index (χ1n) is 8.63. The molecule has 0 saturated heterocycles. The first-order valence-corrected chi connectivity index (χ1v) is 9.62. The predicted octanol–water partition coefficient (Wildman–Crippen LogP) is 4.44. The van der Waals surface area contributed by atoms with Gasteiger partial charge in [-0.2, -0.15) is 0 Å². The number of nitrogens with zero attached hydrogens (tertiary/aromatic N) is 2. The van der Waals surface area contributed by atoms with E-state index >= 15 is 0 Å². The number of amides is 1. The minimum Gasteiger partial charge on any atom is -0.497 e. The van der Waals surface area contributed by atoms with Crippen LogP contribution in [-0.2, 0) is 11.8 Å². The van der Waals surface area contributed by atoms with Crippen molar-refractivity contribution in [3.8, 4) is 17.0 Å². The molecule has 0 unspecified atom stereocenters. The van der Waals surface area contributed by atoms with Gasteiger partial charge in [0.05, 0.1) is 24.8 Å². The summed E-state index contributed by atoms with van der Waals surface area (Å²) in [6.07, 6.45) is 1.83. The van der Waals surface area contributed by atoms with E-state index in [0.29, 0.717) is 5.75 Å². The number of methoxy groups -OCH3 is 1. The Labute approximate surface area is 163 Å². The van der Waals surface area contributed by atoms with Crippen LogP contribution >= 0.6 is 11.8 Å². The van der Waals surface area contributed by atoms with Gasteiger partial charge in [0.2, 0.25) is 5.91 Å². The van der Waals surface area contributed by atoms with Crippen molar-refractivity contribution < 1.29 is 9.53 Å². The Morgan fingerprint density at radius 2 is 1.81 bits per heavy atom. The monoisotopic (exact) mass is 381 g/mol. The number of benzene rings is 2. The van der Waals surface area contributed by atoms with Crippen molar-refractivity contribution in [3.05, 3.63) is 59.8 Å². The minimum absolute atomic E-state index is 0.0426. The Bertz CT molecular complexity index is 928. The second-order valence-corrected chi connectivity index (χ2v) is 7.37. The fourth-order valence-electron chi connectivity index (χ4n) is 2.93. The zero-order valence-corrected chi connectivity index (χ0v) is 16.8. The van der Waals surface area contributed by atoms with E-state index in [1.165, 1.54) is 11.8 Å². The summed E-state index contributed by atoms with van der Waals surface area (Å²) in [6.45, 7) is 4.04. The van der Waals surface area contributed by atoms with Crippen molar-refractivity contribution in [3.63, 3.8) is 0 Å². The molecule has 3 aromatic rings. The van der Waals surface area contributed by atoms with E-state index in [-0.39, 0.29) is 5.91 Å². The summed E-state index contributed by atoms with van der Waals surface area (Å²) in [6, 6.07) is 13.9. The molecule has 6 heteroatoms. The molecule has 0 atom stereocenters. The molecule has 0 spiro atoms. The highest BCUT2D eigenvalue weighted by Crippen LogP contribution is 2.26. The largest absolute Gasteiger partial charge is 0.497 e. The van der Waals surface area contributed by atoms with Gasteiger partial charge in [-0.25, -0.2) is 4.98 Å². The van der Waals surface area contributed by atoms with Crippen LogP contribution in [0, 0.1) is 13.8 Å². The maximum Gasteiger partial charge on any atom is 0.234 e. The third kappa shape index (κ3) is 4.71. The van der Waals surface area contributed by atoms with Crippen molar-refractivity contribution in [1.82, 2.24) is 9.55 Å². The Kier molecular flexibility index (Phi) is 5.86. The first-order chi connectivity index (χ1) is 13.0. The fraction of sp³-hybridized carbons (Fsp3) is 0.238. The number of hydrogen-bond donors (Lipinski definition) is 1. The van der Waals surface area contributed by atoms with Crippen LogP contribution in [0.5, 0.6) is 5.75 Å². The SMILES string of the molecule is COc1ccc(-c2cnc(SCC(=O)Nc3cc(C)cc(C)c3)n2C)cc1. The van der Waals surface area contributed by atoms with E-state index in [2.05, 4.69) is 16.4 Å². The van der Waals surface area contributed by atoms with E-state index in [0.717, 1.165) is 39.0 Å². The molecule has 0 fully saturated rings. The molecule has 0 aliphatic carbocycles. The Balaban J connectivity index is 1.64. The molecule has 1 aromatic heterocycles. The smallest absolute Gasteiger partial charge is 0.234 e.